The van der Waals surface area contributed by atoms with Gasteiger partial charge in [0.1, 0.15) is 5.75 Å². The van der Waals surface area contributed by atoms with Crippen molar-refractivity contribution in [2.75, 3.05) is 17.7 Å². The van der Waals surface area contributed by atoms with Crippen LogP contribution in [0.5, 0.6) is 5.75 Å². The number of nitrogens with zero attached hydrogens (tertiary/aromatic N) is 1. The van der Waals surface area contributed by atoms with Crippen molar-refractivity contribution in [2.24, 2.45) is 17.8 Å². The van der Waals surface area contributed by atoms with Crippen molar-refractivity contribution in [2.45, 2.75) is 31.2 Å². The van der Waals surface area contributed by atoms with Gasteiger partial charge in [0, 0.05) is 23.4 Å². The van der Waals surface area contributed by atoms with E-state index in [2.05, 4.69) is 41.0 Å². The zero-order valence-electron chi connectivity index (χ0n) is 19.4. The Morgan fingerprint density at radius 1 is 1.06 bits per heavy atom. The number of anilines is 2. The van der Waals surface area contributed by atoms with E-state index in [9.17, 15) is 14.9 Å². The quantitative estimate of drug-likeness (QED) is 0.345. The molecule has 35 heavy (non-hydrogen) atoms. The Morgan fingerprint density at radius 3 is 2.63 bits per heavy atom. The maximum atomic E-state index is 13.2. The number of amides is 1. The predicted molar refractivity (Wildman–Crippen MR) is 134 cm³/mol. The zero-order chi connectivity index (χ0) is 24.1. The van der Waals surface area contributed by atoms with E-state index >= 15 is 0 Å². The molecule has 2 saturated carbocycles. The fraction of sp³-hybridized carbons (Fsp3) is 0.321. The van der Waals surface area contributed by atoms with Gasteiger partial charge in [-0.15, -0.1) is 0 Å². The van der Waals surface area contributed by atoms with E-state index in [1.165, 1.54) is 55.7 Å². The Morgan fingerprint density at radius 2 is 1.86 bits per heavy atom. The first-order valence-electron chi connectivity index (χ1n) is 12.1. The van der Waals surface area contributed by atoms with Gasteiger partial charge in [-0.3, -0.25) is 14.9 Å². The lowest BCUT2D eigenvalue weighted by Gasteiger charge is -2.43. The van der Waals surface area contributed by atoms with Gasteiger partial charge in [-0.25, -0.2) is 0 Å². The Hall–Kier alpha value is -3.87. The molecule has 1 amide bonds. The van der Waals surface area contributed by atoms with E-state index < -0.39 is 4.92 Å². The second kappa shape index (κ2) is 8.41. The molecule has 3 aromatic carbocycles. The minimum absolute atomic E-state index is 0.104. The van der Waals surface area contributed by atoms with Crippen molar-refractivity contribution in [1.29, 1.82) is 0 Å². The van der Waals surface area contributed by atoms with Crippen molar-refractivity contribution >= 4 is 23.0 Å². The number of non-ortho nitro benzene ring substituents is 1. The summed E-state index contributed by atoms with van der Waals surface area (Å²) in [5, 5.41) is 17.8. The summed E-state index contributed by atoms with van der Waals surface area (Å²) in [4.78, 5) is 24.0. The number of nitro groups is 1. The predicted octanol–water partition coefficient (Wildman–Crippen LogP) is 6.15. The fourth-order valence-electron chi connectivity index (χ4n) is 6.72. The number of fused-ring (bicyclic) bond motifs is 7. The molecule has 2 bridgehead atoms. The highest BCUT2D eigenvalue weighted by Gasteiger charge is 2.53. The minimum atomic E-state index is -0.488. The molecule has 2 aliphatic carbocycles. The maximum Gasteiger partial charge on any atom is 0.271 e. The van der Waals surface area contributed by atoms with Gasteiger partial charge in [0.05, 0.1) is 23.8 Å². The minimum Gasteiger partial charge on any atom is -0.495 e. The largest absolute Gasteiger partial charge is 0.495 e. The summed E-state index contributed by atoms with van der Waals surface area (Å²) in [5.41, 5.74) is 4.35. The summed E-state index contributed by atoms with van der Waals surface area (Å²) < 4.78 is 5.30. The van der Waals surface area contributed by atoms with E-state index in [0.29, 0.717) is 35.0 Å². The number of carbonyl (C=O) groups is 1. The standard InChI is InChI=1S/C28H27N3O4/c1-35-24-12-10-20(31(33)34)15-23(24)30-28(32)19-9-11-22-21(14-19)25-17-7-8-18(13-17)26(25)27(29-22)16-5-3-2-4-6-16/h2-6,9-12,14-15,17-18,25-27,29H,7-8,13H2,1H3,(H,30,32)/t17-,18-,25-,26+,27-/m0/s1. The molecule has 1 heterocycles. The van der Waals surface area contributed by atoms with E-state index in [1.807, 2.05) is 18.2 Å². The fourth-order valence-corrected chi connectivity index (χ4v) is 6.72. The van der Waals surface area contributed by atoms with Gasteiger partial charge in [0.25, 0.3) is 11.6 Å². The van der Waals surface area contributed by atoms with Gasteiger partial charge in [-0.1, -0.05) is 30.3 Å². The third-order valence-electron chi connectivity index (χ3n) is 8.15. The Balaban J connectivity index is 1.33. The summed E-state index contributed by atoms with van der Waals surface area (Å²) in [6.07, 6.45) is 3.77. The molecule has 5 atom stereocenters. The molecule has 1 aliphatic heterocycles. The van der Waals surface area contributed by atoms with Crippen LogP contribution in [0.4, 0.5) is 17.1 Å². The van der Waals surface area contributed by atoms with Crippen LogP contribution in [0.25, 0.3) is 0 Å². The first kappa shape index (κ1) is 21.6. The molecule has 0 saturated heterocycles. The van der Waals surface area contributed by atoms with E-state index in [0.717, 1.165) is 5.69 Å². The van der Waals surface area contributed by atoms with Crippen LogP contribution < -0.4 is 15.4 Å². The molecule has 0 aromatic heterocycles. The number of nitro benzene ring substituents is 1. The topological polar surface area (TPSA) is 93.5 Å². The Kier molecular flexibility index (Phi) is 5.20. The molecule has 7 heteroatoms. The van der Waals surface area contributed by atoms with Crippen molar-refractivity contribution in [3.63, 3.8) is 0 Å². The average Bonchev–Trinajstić information content (AvgIpc) is 3.51. The molecule has 0 spiro atoms. The molecule has 0 radical (unpaired) electrons. The van der Waals surface area contributed by atoms with E-state index in [1.54, 1.807) is 0 Å². The van der Waals surface area contributed by atoms with Crippen LogP contribution in [0, 0.1) is 27.9 Å². The molecule has 0 unspecified atom stereocenters. The lowest BCUT2D eigenvalue weighted by Crippen LogP contribution is -2.35. The molecular formula is C28H27N3O4. The lowest BCUT2D eigenvalue weighted by atomic mass is 9.68. The van der Waals surface area contributed by atoms with Crippen LogP contribution >= 0.6 is 0 Å². The van der Waals surface area contributed by atoms with Crippen molar-refractivity contribution in [1.82, 2.24) is 0 Å². The third-order valence-corrected chi connectivity index (χ3v) is 8.15. The van der Waals surface area contributed by atoms with Crippen molar-refractivity contribution < 1.29 is 14.5 Å². The van der Waals surface area contributed by atoms with Gasteiger partial charge in [-0.2, -0.15) is 0 Å². The molecule has 178 valence electrons. The van der Waals surface area contributed by atoms with Gasteiger partial charge >= 0.3 is 0 Å². The highest BCUT2D eigenvalue weighted by Crippen LogP contribution is 2.63. The van der Waals surface area contributed by atoms with E-state index in [4.69, 9.17) is 4.74 Å². The number of ether oxygens (including phenoxy) is 1. The van der Waals surface area contributed by atoms with Crippen LogP contribution in [0.15, 0.2) is 66.7 Å². The Labute approximate surface area is 203 Å². The van der Waals surface area contributed by atoms with Crippen molar-refractivity contribution in [3.05, 3.63) is 93.5 Å². The summed E-state index contributed by atoms with van der Waals surface area (Å²) in [6.45, 7) is 0. The lowest BCUT2D eigenvalue weighted by molar-refractivity contribution is -0.384. The van der Waals surface area contributed by atoms with Gasteiger partial charge in [0.15, 0.2) is 0 Å². The van der Waals surface area contributed by atoms with Crippen LogP contribution in [0.1, 0.15) is 52.7 Å². The van der Waals surface area contributed by atoms with Crippen molar-refractivity contribution in [3.8, 4) is 5.75 Å². The summed E-state index contributed by atoms with van der Waals surface area (Å²) in [7, 11) is 1.47. The number of nitrogens with one attached hydrogen (secondary N) is 2. The third kappa shape index (κ3) is 3.62. The van der Waals surface area contributed by atoms with Crippen LogP contribution in [-0.2, 0) is 0 Å². The first-order valence-corrected chi connectivity index (χ1v) is 12.1. The highest BCUT2D eigenvalue weighted by atomic mass is 16.6. The molecular weight excluding hydrogens is 442 g/mol. The number of rotatable bonds is 5. The van der Waals surface area contributed by atoms with Gasteiger partial charge < -0.3 is 15.4 Å². The van der Waals surface area contributed by atoms with Gasteiger partial charge in [-0.05, 0) is 78.3 Å². The number of benzene rings is 3. The summed E-state index contributed by atoms with van der Waals surface area (Å²) in [5.74, 6) is 2.35. The number of hydrogen-bond acceptors (Lipinski definition) is 5. The van der Waals surface area contributed by atoms with E-state index in [-0.39, 0.29) is 23.3 Å². The molecule has 2 fully saturated rings. The molecule has 3 aliphatic rings. The zero-order valence-corrected chi connectivity index (χ0v) is 19.4. The second-order valence-electron chi connectivity index (χ2n) is 9.87. The van der Waals surface area contributed by atoms with Crippen LogP contribution in [-0.4, -0.2) is 17.9 Å². The smallest absolute Gasteiger partial charge is 0.271 e. The second-order valence-corrected chi connectivity index (χ2v) is 9.87. The number of methoxy groups -OCH3 is 1. The summed E-state index contributed by atoms with van der Waals surface area (Å²) in [6, 6.07) is 21.0. The monoisotopic (exact) mass is 469 g/mol. The SMILES string of the molecule is COc1ccc([N+](=O)[O-])cc1NC(=O)c1ccc2c(c1)[C@@H]1[C@H]3CC[C@@H](C3)[C@H]1[C@H](c1ccccc1)N2. The molecule has 7 nitrogen and oxygen atoms in total. The average molecular weight is 470 g/mol. The molecule has 6 rings (SSSR count). The highest BCUT2D eigenvalue weighted by molar-refractivity contribution is 6.05. The Bertz CT molecular complexity index is 1310. The maximum absolute atomic E-state index is 13.2. The number of hydrogen-bond donors (Lipinski definition) is 2. The van der Waals surface area contributed by atoms with Crippen LogP contribution in [0.2, 0.25) is 0 Å². The normalized spacial score (nSPS) is 25.8. The summed E-state index contributed by atoms with van der Waals surface area (Å²) >= 11 is 0. The van der Waals surface area contributed by atoms with Gasteiger partial charge in [0.2, 0.25) is 0 Å². The van der Waals surface area contributed by atoms with Crippen LogP contribution in [0.3, 0.4) is 0 Å². The number of carbonyl (C=O) groups excluding carboxylic acids is 1. The first-order chi connectivity index (χ1) is 17.0. The molecule has 2 N–H and O–H groups in total. The molecule has 3 aromatic rings.